The summed E-state index contributed by atoms with van der Waals surface area (Å²) in [6.45, 7) is 5.83. The molecule has 0 radical (unpaired) electrons. The largest absolute Gasteiger partial charge is 0.285 e. The van der Waals surface area contributed by atoms with Crippen molar-refractivity contribution in [2.24, 2.45) is 5.41 Å². The highest BCUT2D eigenvalue weighted by molar-refractivity contribution is 6.52. The third-order valence-corrected chi connectivity index (χ3v) is 2.76. The number of rotatable bonds is 0. The summed E-state index contributed by atoms with van der Waals surface area (Å²) in [7, 11) is 0. The van der Waals surface area contributed by atoms with Crippen LogP contribution >= 0.6 is 0 Å². The fourth-order valence-corrected chi connectivity index (χ4v) is 1.85. The molecule has 0 unspecified atom stereocenters. The van der Waals surface area contributed by atoms with Crippen molar-refractivity contribution in [1.29, 1.82) is 0 Å². The van der Waals surface area contributed by atoms with Crippen LogP contribution in [0.4, 0.5) is 0 Å². The Morgan fingerprint density at radius 1 is 0.938 bits per heavy atom. The van der Waals surface area contributed by atoms with Crippen molar-refractivity contribution < 1.29 is 9.59 Å². The maximum Gasteiger partial charge on any atom is 0.233 e. The van der Waals surface area contributed by atoms with Crippen LogP contribution in [-0.2, 0) is 4.79 Å². The molecule has 1 aliphatic rings. The number of allylic oxidation sites excluding steroid dienone is 1. The first-order valence-electron chi connectivity index (χ1n) is 5.31. The van der Waals surface area contributed by atoms with Crippen LogP contribution in [0, 0.1) is 5.41 Å². The lowest BCUT2D eigenvalue weighted by atomic mass is 9.77. The molecule has 0 saturated carbocycles. The summed E-state index contributed by atoms with van der Waals surface area (Å²) in [6, 6.07) is 7.22. The zero-order valence-electron chi connectivity index (χ0n) is 9.70. The van der Waals surface area contributed by atoms with E-state index in [4.69, 9.17) is 0 Å². The van der Waals surface area contributed by atoms with Gasteiger partial charge in [-0.1, -0.05) is 45.0 Å². The fourth-order valence-electron chi connectivity index (χ4n) is 1.85. The molecule has 1 aromatic rings. The first kappa shape index (κ1) is 10.8. The van der Waals surface area contributed by atoms with Gasteiger partial charge in [0.2, 0.25) is 11.6 Å². The second-order valence-corrected chi connectivity index (χ2v) is 5.05. The van der Waals surface area contributed by atoms with Gasteiger partial charge in [-0.15, -0.1) is 0 Å². The molecule has 0 spiro atoms. The maximum absolute atomic E-state index is 11.9. The first-order chi connectivity index (χ1) is 7.41. The molecule has 82 valence electrons. The molecule has 0 bridgehead atoms. The van der Waals surface area contributed by atoms with E-state index in [1.807, 2.05) is 39.0 Å². The van der Waals surface area contributed by atoms with Gasteiger partial charge in [0.25, 0.3) is 0 Å². The SMILES string of the molecule is CC(C)(C)C1=Cc2ccccc2C(=O)C1=O. The number of fused-ring (bicyclic) bond motifs is 1. The molecule has 16 heavy (non-hydrogen) atoms. The number of Topliss-reactive ketones (excluding diaryl/α,β-unsaturated/α-hetero) is 2. The summed E-state index contributed by atoms with van der Waals surface area (Å²) >= 11 is 0. The van der Waals surface area contributed by atoms with E-state index in [9.17, 15) is 9.59 Å². The fraction of sp³-hybridized carbons (Fsp3) is 0.286. The third-order valence-electron chi connectivity index (χ3n) is 2.76. The van der Waals surface area contributed by atoms with Crippen molar-refractivity contribution in [2.75, 3.05) is 0 Å². The zero-order chi connectivity index (χ0) is 11.9. The molecule has 0 heterocycles. The van der Waals surface area contributed by atoms with E-state index in [0.29, 0.717) is 11.1 Å². The van der Waals surface area contributed by atoms with Crippen molar-refractivity contribution in [3.63, 3.8) is 0 Å². The summed E-state index contributed by atoms with van der Waals surface area (Å²) in [5.74, 6) is -0.755. The normalized spacial score (nSPS) is 15.8. The van der Waals surface area contributed by atoms with Gasteiger partial charge in [0.15, 0.2) is 0 Å². The molecule has 0 atom stereocenters. The van der Waals surface area contributed by atoms with Crippen LogP contribution in [0.2, 0.25) is 0 Å². The van der Waals surface area contributed by atoms with E-state index in [0.717, 1.165) is 5.56 Å². The Hall–Kier alpha value is -1.70. The summed E-state index contributed by atoms with van der Waals surface area (Å²) in [6.07, 6.45) is 1.83. The molecule has 0 aliphatic heterocycles. The van der Waals surface area contributed by atoms with Gasteiger partial charge in [-0.25, -0.2) is 0 Å². The van der Waals surface area contributed by atoms with E-state index in [-0.39, 0.29) is 17.0 Å². The van der Waals surface area contributed by atoms with Gasteiger partial charge < -0.3 is 0 Å². The van der Waals surface area contributed by atoms with Crippen LogP contribution in [-0.4, -0.2) is 11.6 Å². The topological polar surface area (TPSA) is 34.1 Å². The van der Waals surface area contributed by atoms with Gasteiger partial charge >= 0.3 is 0 Å². The number of benzene rings is 1. The average Bonchev–Trinajstić information content (AvgIpc) is 2.22. The smallest absolute Gasteiger partial charge is 0.233 e. The van der Waals surface area contributed by atoms with Gasteiger partial charge in [-0.05, 0) is 17.1 Å². The Kier molecular flexibility index (Phi) is 2.30. The highest BCUT2D eigenvalue weighted by atomic mass is 16.2. The van der Waals surface area contributed by atoms with Gasteiger partial charge in [0, 0.05) is 11.1 Å². The number of carbonyl (C=O) groups excluding carboxylic acids is 2. The molecule has 2 rings (SSSR count). The van der Waals surface area contributed by atoms with Crippen molar-refractivity contribution in [2.45, 2.75) is 20.8 Å². The molecule has 1 aromatic carbocycles. The molecule has 0 fully saturated rings. The summed E-state index contributed by atoms with van der Waals surface area (Å²) in [4.78, 5) is 23.8. The molecule has 0 saturated heterocycles. The van der Waals surface area contributed by atoms with E-state index in [1.165, 1.54) is 0 Å². The summed E-state index contributed by atoms with van der Waals surface area (Å²) in [5, 5.41) is 0. The first-order valence-corrected chi connectivity index (χ1v) is 5.31. The third kappa shape index (κ3) is 1.60. The van der Waals surface area contributed by atoms with Crippen molar-refractivity contribution in [3.8, 4) is 0 Å². The molecular formula is C14H14O2. The maximum atomic E-state index is 11.9. The lowest BCUT2D eigenvalue weighted by molar-refractivity contribution is -0.112. The molecule has 0 amide bonds. The Bertz CT molecular complexity index is 502. The van der Waals surface area contributed by atoms with Crippen molar-refractivity contribution in [1.82, 2.24) is 0 Å². The molecular weight excluding hydrogens is 200 g/mol. The van der Waals surface area contributed by atoms with Crippen LogP contribution in [0.15, 0.2) is 29.8 Å². The van der Waals surface area contributed by atoms with Crippen LogP contribution in [0.25, 0.3) is 6.08 Å². The predicted octanol–water partition coefficient (Wildman–Crippen LogP) is 2.88. The summed E-state index contributed by atoms with van der Waals surface area (Å²) < 4.78 is 0. The Balaban J connectivity index is 2.65. The zero-order valence-corrected chi connectivity index (χ0v) is 9.70. The quantitative estimate of drug-likeness (QED) is 0.622. The summed E-state index contributed by atoms with van der Waals surface area (Å²) in [5.41, 5.74) is 1.66. The second-order valence-electron chi connectivity index (χ2n) is 5.05. The molecule has 1 aliphatic carbocycles. The molecule has 0 aromatic heterocycles. The Labute approximate surface area is 95.0 Å². The van der Waals surface area contributed by atoms with Crippen LogP contribution < -0.4 is 0 Å². The number of carbonyl (C=O) groups is 2. The molecule has 2 nitrogen and oxygen atoms in total. The number of ketones is 2. The highest BCUT2D eigenvalue weighted by Gasteiger charge is 2.33. The monoisotopic (exact) mass is 214 g/mol. The lowest BCUT2D eigenvalue weighted by Crippen LogP contribution is -2.28. The lowest BCUT2D eigenvalue weighted by Gasteiger charge is -2.24. The predicted molar refractivity (Wildman–Crippen MR) is 63.2 cm³/mol. The molecule has 0 N–H and O–H groups in total. The van der Waals surface area contributed by atoms with Crippen LogP contribution in [0.1, 0.15) is 36.7 Å². The number of hydrogen-bond donors (Lipinski definition) is 0. The minimum Gasteiger partial charge on any atom is -0.285 e. The minimum atomic E-state index is -0.386. The average molecular weight is 214 g/mol. The molecule has 2 heteroatoms. The highest BCUT2D eigenvalue weighted by Crippen LogP contribution is 2.33. The Morgan fingerprint density at radius 3 is 2.19 bits per heavy atom. The van der Waals surface area contributed by atoms with Gasteiger partial charge in [0.1, 0.15) is 0 Å². The van der Waals surface area contributed by atoms with E-state index >= 15 is 0 Å². The van der Waals surface area contributed by atoms with Gasteiger partial charge in [-0.2, -0.15) is 0 Å². The van der Waals surface area contributed by atoms with E-state index in [1.54, 1.807) is 12.1 Å². The Morgan fingerprint density at radius 2 is 1.56 bits per heavy atom. The van der Waals surface area contributed by atoms with E-state index < -0.39 is 0 Å². The van der Waals surface area contributed by atoms with Crippen LogP contribution in [0.5, 0.6) is 0 Å². The minimum absolute atomic E-state index is 0.291. The van der Waals surface area contributed by atoms with Gasteiger partial charge in [-0.3, -0.25) is 9.59 Å². The van der Waals surface area contributed by atoms with Crippen molar-refractivity contribution >= 4 is 17.6 Å². The van der Waals surface area contributed by atoms with Crippen LogP contribution in [0.3, 0.4) is 0 Å². The second kappa shape index (κ2) is 3.41. The van der Waals surface area contributed by atoms with E-state index in [2.05, 4.69) is 0 Å². The standard InChI is InChI=1S/C14H14O2/c1-14(2,3)11-8-9-6-4-5-7-10(9)12(15)13(11)16/h4-8H,1-3H3. The van der Waals surface area contributed by atoms with Gasteiger partial charge in [0.05, 0.1) is 0 Å². The van der Waals surface area contributed by atoms with Crippen molar-refractivity contribution in [3.05, 3.63) is 41.0 Å². The number of hydrogen-bond acceptors (Lipinski definition) is 2.